The van der Waals surface area contributed by atoms with Crippen LogP contribution in [0.4, 0.5) is 0 Å². The summed E-state index contributed by atoms with van der Waals surface area (Å²) in [7, 11) is 0. The lowest BCUT2D eigenvalue weighted by atomic mass is 9.94. The molecule has 0 amide bonds. The maximum absolute atomic E-state index is 2.54. The molecule has 0 saturated heterocycles. The van der Waals surface area contributed by atoms with Crippen LogP contribution in [-0.2, 0) is 5.54 Å². The van der Waals surface area contributed by atoms with Gasteiger partial charge in [0, 0.05) is 27.4 Å². The predicted octanol–water partition coefficient (Wildman–Crippen LogP) is 5.25. The van der Waals surface area contributed by atoms with Gasteiger partial charge in [0.2, 0.25) is 0 Å². The van der Waals surface area contributed by atoms with Crippen LogP contribution in [0.1, 0.15) is 72.6 Å². The molecule has 0 N–H and O–H groups in total. The first-order chi connectivity index (χ1) is 11.0. The average Bonchev–Trinajstić information content (AvgIpc) is 2.86. The molecule has 0 saturated carbocycles. The number of aromatic nitrogens is 1. The Kier molecular flexibility index (Phi) is 7.35. The molecule has 0 atom stereocenters. The maximum atomic E-state index is 2.54. The van der Waals surface area contributed by atoms with Crippen LogP contribution < -0.4 is 10.6 Å². The topological polar surface area (TPSA) is 4.93 Å². The van der Waals surface area contributed by atoms with Crippen molar-refractivity contribution in [2.75, 3.05) is 0 Å². The van der Waals surface area contributed by atoms with Gasteiger partial charge in [-0.2, -0.15) is 0 Å². The average molecular weight is 312 g/mol. The smallest absolute Gasteiger partial charge is 0.0493 e. The van der Waals surface area contributed by atoms with Gasteiger partial charge in [0.25, 0.3) is 0 Å². The number of hydrogen-bond acceptors (Lipinski definition) is 0. The zero-order valence-electron chi connectivity index (χ0n) is 16.0. The highest BCUT2D eigenvalue weighted by Crippen LogP contribution is 2.26. The Morgan fingerprint density at radius 3 is 1.96 bits per heavy atom. The van der Waals surface area contributed by atoms with Crippen LogP contribution in [0.2, 0.25) is 0 Å². The lowest BCUT2D eigenvalue weighted by Gasteiger charge is -2.31. The second kappa shape index (κ2) is 8.76. The van der Waals surface area contributed by atoms with E-state index in [0.717, 1.165) is 12.8 Å². The lowest BCUT2D eigenvalue weighted by molar-refractivity contribution is 0.287. The molecule has 1 rings (SSSR count). The second-order valence-corrected chi connectivity index (χ2v) is 6.12. The zero-order valence-corrected chi connectivity index (χ0v) is 16.0. The van der Waals surface area contributed by atoms with Crippen LogP contribution in [0, 0.1) is 0 Å². The van der Waals surface area contributed by atoms with Crippen LogP contribution >= 0.6 is 0 Å². The third-order valence-corrected chi connectivity index (χ3v) is 4.78. The summed E-state index contributed by atoms with van der Waals surface area (Å²) in [4.78, 5) is 0. The Morgan fingerprint density at radius 2 is 1.52 bits per heavy atom. The molecular weight excluding hydrogens is 278 g/mol. The van der Waals surface area contributed by atoms with Crippen molar-refractivity contribution >= 4 is 24.3 Å². The number of nitrogens with zero attached hydrogens (tertiary/aromatic N) is 1. The molecule has 0 radical (unpaired) electrons. The van der Waals surface area contributed by atoms with E-state index in [4.69, 9.17) is 0 Å². The molecule has 0 aromatic carbocycles. The van der Waals surface area contributed by atoms with Gasteiger partial charge in [-0.3, -0.25) is 0 Å². The SMILES string of the molecule is C\C=C/C=c1\c(=C/C)c(/C=C\C)c(/C=C\C)n1C(C)(CC)CC. The highest BCUT2D eigenvalue weighted by Gasteiger charge is 2.26. The van der Waals surface area contributed by atoms with E-state index >= 15 is 0 Å². The second-order valence-electron chi connectivity index (χ2n) is 6.12. The van der Waals surface area contributed by atoms with Crippen molar-refractivity contribution in [1.82, 2.24) is 4.57 Å². The fourth-order valence-electron chi connectivity index (χ4n) is 3.11. The first-order valence-corrected chi connectivity index (χ1v) is 8.84. The summed E-state index contributed by atoms with van der Waals surface area (Å²) in [6.45, 7) is 15.3. The molecule has 1 aromatic heterocycles. The summed E-state index contributed by atoms with van der Waals surface area (Å²) in [5.41, 5.74) is 2.73. The molecule has 0 aliphatic carbocycles. The van der Waals surface area contributed by atoms with Crippen LogP contribution in [0.3, 0.4) is 0 Å². The van der Waals surface area contributed by atoms with Crippen LogP contribution in [0.5, 0.6) is 0 Å². The van der Waals surface area contributed by atoms with Crippen molar-refractivity contribution in [2.24, 2.45) is 0 Å². The molecule has 0 aliphatic rings. The Labute approximate surface area is 142 Å². The minimum absolute atomic E-state index is 0.111. The maximum Gasteiger partial charge on any atom is 0.0493 e. The quantitative estimate of drug-likeness (QED) is 0.676. The molecule has 0 unspecified atom stereocenters. The van der Waals surface area contributed by atoms with Gasteiger partial charge in [0.1, 0.15) is 0 Å². The van der Waals surface area contributed by atoms with Gasteiger partial charge in [-0.1, -0.05) is 50.3 Å². The van der Waals surface area contributed by atoms with Gasteiger partial charge in [-0.05, 0) is 59.6 Å². The monoisotopic (exact) mass is 311 g/mol. The van der Waals surface area contributed by atoms with Gasteiger partial charge < -0.3 is 4.57 Å². The molecule has 1 nitrogen and oxygen atoms in total. The Bertz CT molecular complexity index is 704. The van der Waals surface area contributed by atoms with Crippen molar-refractivity contribution < 1.29 is 0 Å². The minimum Gasteiger partial charge on any atom is -0.335 e. The van der Waals surface area contributed by atoms with E-state index < -0.39 is 0 Å². The first kappa shape index (κ1) is 19.3. The summed E-state index contributed by atoms with van der Waals surface area (Å²) < 4.78 is 2.54. The van der Waals surface area contributed by atoms with E-state index in [9.17, 15) is 0 Å². The number of rotatable bonds is 6. The van der Waals surface area contributed by atoms with E-state index in [1.807, 2.05) is 0 Å². The van der Waals surface area contributed by atoms with E-state index in [1.54, 1.807) is 0 Å². The van der Waals surface area contributed by atoms with Gasteiger partial charge in [-0.25, -0.2) is 0 Å². The minimum atomic E-state index is 0.111. The molecule has 1 aromatic rings. The summed E-state index contributed by atoms with van der Waals surface area (Å²) >= 11 is 0. The zero-order chi connectivity index (χ0) is 17.5. The van der Waals surface area contributed by atoms with Gasteiger partial charge in [0.15, 0.2) is 0 Å². The molecule has 126 valence electrons. The fourth-order valence-corrected chi connectivity index (χ4v) is 3.11. The highest BCUT2D eigenvalue weighted by atomic mass is 15.1. The van der Waals surface area contributed by atoms with Crippen molar-refractivity contribution in [3.63, 3.8) is 0 Å². The number of allylic oxidation sites excluding steroid dienone is 4. The largest absolute Gasteiger partial charge is 0.335 e. The van der Waals surface area contributed by atoms with Gasteiger partial charge >= 0.3 is 0 Å². The number of hydrogen-bond donors (Lipinski definition) is 0. The fraction of sp³-hybridized carbons (Fsp3) is 0.455. The van der Waals surface area contributed by atoms with E-state index in [2.05, 4.69) is 102 Å². The molecule has 1 heteroatoms. The summed E-state index contributed by atoms with van der Waals surface area (Å²) in [6, 6.07) is 0. The molecule has 0 fully saturated rings. The van der Waals surface area contributed by atoms with E-state index in [0.29, 0.717) is 0 Å². The Balaban J connectivity index is 4.13. The predicted molar refractivity (Wildman–Crippen MR) is 107 cm³/mol. The van der Waals surface area contributed by atoms with Crippen molar-refractivity contribution in [1.29, 1.82) is 0 Å². The van der Waals surface area contributed by atoms with E-state index in [-0.39, 0.29) is 5.54 Å². The van der Waals surface area contributed by atoms with Crippen molar-refractivity contribution in [3.05, 3.63) is 46.1 Å². The molecule has 23 heavy (non-hydrogen) atoms. The Hall–Kier alpha value is -1.76. The van der Waals surface area contributed by atoms with Crippen molar-refractivity contribution in [3.8, 4) is 0 Å². The molecular formula is C22H33N. The lowest BCUT2D eigenvalue weighted by Crippen LogP contribution is -2.41. The van der Waals surface area contributed by atoms with Crippen LogP contribution in [0.25, 0.3) is 24.3 Å². The molecule has 0 aliphatic heterocycles. The summed E-state index contributed by atoms with van der Waals surface area (Å²) in [6.07, 6.45) is 19.7. The molecule has 1 heterocycles. The van der Waals surface area contributed by atoms with Crippen LogP contribution in [-0.4, -0.2) is 4.57 Å². The van der Waals surface area contributed by atoms with Gasteiger partial charge in [0.05, 0.1) is 0 Å². The third kappa shape index (κ3) is 3.77. The normalized spacial score (nSPS) is 15.1. The van der Waals surface area contributed by atoms with Crippen LogP contribution in [0.15, 0.2) is 24.3 Å². The van der Waals surface area contributed by atoms with Gasteiger partial charge in [-0.15, -0.1) is 0 Å². The summed E-state index contributed by atoms with van der Waals surface area (Å²) in [5.74, 6) is 0. The Morgan fingerprint density at radius 1 is 0.913 bits per heavy atom. The molecule has 0 bridgehead atoms. The van der Waals surface area contributed by atoms with Crippen molar-refractivity contribution in [2.45, 2.75) is 66.8 Å². The van der Waals surface area contributed by atoms with E-state index in [1.165, 1.54) is 21.8 Å². The highest BCUT2D eigenvalue weighted by molar-refractivity contribution is 5.66. The summed E-state index contributed by atoms with van der Waals surface area (Å²) in [5, 5.41) is 2.63. The first-order valence-electron chi connectivity index (χ1n) is 8.84. The third-order valence-electron chi connectivity index (χ3n) is 4.78. The molecule has 0 spiro atoms. The standard InChI is InChI=1S/C22H33N/c1-8-14-17-21-18(11-4)19(15-9-2)20(16-10-3)23(21)22(7,12-5)13-6/h8-11,14-17H,12-13H2,1-7H3/b14-8-,15-9-,16-10-,18-11-,21-17+.